The van der Waals surface area contributed by atoms with Crippen LogP contribution in [0.25, 0.3) is 0 Å². The van der Waals surface area contributed by atoms with Crippen molar-refractivity contribution in [3.05, 3.63) is 10.2 Å². The normalized spacial score (nSPS) is 14.0. The summed E-state index contributed by atoms with van der Waals surface area (Å²) in [5.74, 6) is 0. The van der Waals surface area contributed by atoms with Gasteiger partial charge in [0.05, 0.1) is 0 Å². The Kier molecular flexibility index (Phi) is 5.78. The molecule has 0 spiro atoms. The summed E-state index contributed by atoms with van der Waals surface area (Å²) in [7, 11) is -1.49. The first kappa shape index (κ1) is 13.6. The van der Waals surface area contributed by atoms with Gasteiger partial charge in [-0.05, 0) is 28.6 Å². The lowest BCUT2D eigenvalue weighted by molar-refractivity contribution is 0.294. The van der Waals surface area contributed by atoms with Crippen molar-refractivity contribution in [2.24, 2.45) is 0 Å². The fourth-order valence-electron chi connectivity index (χ4n) is 0.662. The Bertz CT molecular complexity index is 170. The zero-order valence-electron chi connectivity index (χ0n) is 9.36. The van der Waals surface area contributed by atoms with E-state index in [9.17, 15) is 0 Å². The average molecular weight is 312 g/mol. The first-order valence-electron chi connectivity index (χ1n) is 4.70. The molecule has 0 radical (unpaired) electrons. The summed E-state index contributed by atoms with van der Waals surface area (Å²) in [6, 6.07) is 0. The molecule has 0 fully saturated rings. The van der Waals surface area contributed by atoms with Crippen molar-refractivity contribution < 1.29 is 4.43 Å². The molecule has 0 atom stereocenters. The average Bonchev–Trinajstić information content (AvgIpc) is 1.96. The molecular formula is C10H21IOSi. The van der Waals surface area contributed by atoms with E-state index in [0.717, 1.165) is 13.0 Å². The van der Waals surface area contributed by atoms with E-state index in [1.165, 1.54) is 0 Å². The highest BCUT2D eigenvalue weighted by molar-refractivity contribution is 14.1. The molecule has 0 aromatic heterocycles. The summed E-state index contributed by atoms with van der Waals surface area (Å²) in [6.07, 6.45) is 3.18. The maximum absolute atomic E-state index is 5.98. The second-order valence-electron chi connectivity index (χ2n) is 4.76. The summed E-state index contributed by atoms with van der Waals surface area (Å²) < 4.78 is 8.03. The van der Waals surface area contributed by atoms with Crippen LogP contribution in [0.4, 0.5) is 0 Å². The van der Waals surface area contributed by atoms with E-state index in [1.807, 2.05) is 4.08 Å². The van der Waals surface area contributed by atoms with Crippen LogP contribution in [0.5, 0.6) is 0 Å². The van der Waals surface area contributed by atoms with Crippen molar-refractivity contribution in [3.8, 4) is 0 Å². The molecule has 0 bridgehead atoms. The molecule has 13 heavy (non-hydrogen) atoms. The van der Waals surface area contributed by atoms with Crippen molar-refractivity contribution in [2.45, 2.75) is 45.3 Å². The molecule has 0 amide bonds. The van der Waals surface area contributed by atoms with E-state index < -0.39 is 8.32 Å². The Morgan fingerprint density at radius 1 is 1.31 bits per heavy atom. The van der Waals surface area contributed by atoms with Crippen LogP contribution in [0.2, 0.25) is 18.1 Å². The highest BCUT2D eigenvalue weighted by Crippen LogP contribution is 2.36. The first-order valence-corrected chi connectivity index (χ1v) is 8.86. The monoisotopic (exact) mass is 312 g/mol. The van der Waals surface area contributed by atoms with E-state index in [1.54, 1.807) is 0 Å². The lowest BCUT2D eigenvalue weighted by Gasteiger charge is -2.36. The summed E-state index contributed by atoms with van der Waals surface area (Å²) >= 11 is 2.24. The van der Waals surface area contributed by atoms with Crippen LogP contribution in [-0.4, -0.2) is 14.9 Å². The van der Waals surface area contributed by atoms with E-state index in [0.29, 0.717) is 5.04 Å². The highest BCUT2D eigenvalue weighted by atomic mass is 127. The number of halogens is 1. The second-order valence-corrected chi connectivity index (χ2v) is 10.3. The van der Waals surface area contributed by atoms with E-state index >= 15 is 0 Å². The third kappa shape index (κ3) is 5.17. The maximum Gasteiger partial charge on any atom is 0.191 e. The minimum Gasteiger partial charge on any atom is -0.417 e. The second kappa shape index (κ2) is 5.51. The van der Waals surface area contributed by atoms with Gasteiger partial charge < -0.3 is 4.43 Å². The van der Waals surface area contributed by atoms with Crippen molar-refractivity contribution >= 4 is 30.9 Å². The quantitative estimate of drug-likeness (QED) is 0.426. The van der Waals surface area contributed by atoms with Gasteiger partial charge in [-0.1, -0.05) is 49.4 Å². The largest absolute Gasteiger partial charge is 0.417 e. The standard InChI is InChI=1S/C10H21IOSi/c1-10(2,3)13(4,5)12-9-7-6-8-11/h6,8H,7,9H2,1-5H3/b8-6-. The Morgan fingerprint density at radius 3 is 2.23 bits per heavy atom. The zero-order chi connectivity index (χ0) is 10.5. The highest BCUT2D eigenvalue weighted by Gasteiger charge is 2.36. The molecule has 3 heteroatoms. The molecular weight excluding hydrogens is 291 g/mol. The molecule has 0 aromatic rings. The molecule has 0 aromatic carbocycles. The van der Waals surface area contributed by atoms with Gasteiger partial charge in [-0.2, -0.15) is 0 Å². The van der Waals surface area contributed by atoms with E-state index in [2.05, 4.69) is 62.5 Å². The minimum atomic E-state index is -1.49. The van der Waals surface area contributed by atoms with Crippen LogP contribution >= 0.6 is 22.6 Å². The third-order valence-electron chi connectivity index (χ3n) is 2.64. The van der Waals surface area contributed by atoms with Gasteiger partial charge in [0.2, 0.25) is 0 Å². The van der Waals surface area contributed by atoms with E-state index in [-0.39, 0.29) is 0 Å². The van der Waals surface area contributed by atoms with Crippen molar-refractivity contribution in [1.29, 1.82) is 0 Å². The molecule has 0 aliphatic carbocycles. The van der Waals surface area contributed by atoms with Crippen molar-refractivity contribution in [3.63, 3.8) is 0 Å². The Hall–Kier alpha value is 0.647. The third-order valence-corrected chi connectivity index (χ3v) is 7.69. The number of hydrogen-bond acceptors (Lipinski definition) is 1. The summed E-state index contributed by atoms with van der Waals surface area (Å²) in [4.78, 5) is 0. The Balaban J connectivity index is 3.90. The molecule has 0 rings (SSSR count). The van der Waals surface area contributed by atoms with Crippen LogP contribution in [0.1, 0.15) is 27.2 Å². The fraction of sp³-hybridized carbons (Fsp3) is 0.800. The van der Waals surface area contributed by atoms with Crippen LogP contribution < -0.4 is 0 Å². The van der Waals surface area contributed by atoms with Crippen LogP contribution in [0.3, 0.4) is 0 Å². The number of rotatable bonds is 4. The lowest BCUT2D eigenvalue weighted by atomic mass is 10.2. The van der Waals surface area contributed by atoms with Gasteiger partial charge >= 0.3 is 0 Å². The SMILES string of the molecule is CC(C)(C)[Si](C)(C)OCC/C=C\I. The molecule has 0 heterocycles. The smallest absolute Gasteiger partial charge is 0.191 e. The predicted molar refractivity (Wildman–Crippen MR) is 70.9 cm³/mol. The Labute approximate surface area is 97.2 Å². The van der Waals surface area contributed by atoms with Gasteiger partial charge in [-0.25, -0.2) is 0 Å². The van der Waals surface area contributed by atoms with Crippen LogP contribution in [0.15, 0.2) is 10.2 Å². The Morgan fingerprint density at radius 2 is 1.85 bits per heavy atom. The molecule has 0 saturated carbocycles. The fourth-order valence-corrected chi connectivity index (χ4v) is 2.08. The van der Waals surface area contributed by atoms with Gasteiger partial charge in [0.1, 0.15) is 0 Å². The summed E-state index contributed by atoms with van der Waals surface area (Å²) in [5, 5.41) is 0.334. The van der Waals surface area contributed by atoms with Crippen molar-refractivity contribution in [1.82, 2.24) is 0 Å². The van der Waals surface area contributed by atoms with Gasteiger partial charge in [-0.3, -0.25) is 0 Å². The van der Waals surface area contributed by atoms with Crippen LogP contribution in [0, 0.1) is 0 Å². The van der Waals surface area contributed by atoms with E-state index in [4.69, 9.17) is 4.43 Å². The molecule has 0 N–H and O–H groups in total. The van der Waals surface area contributed by atoms with Gasteiger partial charge in [0.25, 0.3) is 0 Å². The minimum absolute atomic E-state index is 0.334. The molecule has 0 aliphatic heterocycles. The van der Waals surface area contributed by atoms with Gasteiger partial charge in [0, 0.05) is 6.61 Å². The number of hydrogen-bond donors (Lipinski definition) is 0. The molecule has 78 valence electrons. The van der Waals surface area contributed by atoms with Crippen LogP contribution in [-0.2, 0) is 4.43 Å². The lowest BCUT2D eigenvalue weighted by Crippen LogP contribution is -2.40. The molecule has 1 nitrogen and oxygen atoms in total. The maximum atomic E-state index is 5.98. The topological polar surface area (TPSA) is 9.23 Å². The summed E-state index contributed by atoms with van der Waals surface area (Å²) in [6.45, 7) is 12.3. The van der Waals surface area contributed by atoms with Crippen molar-refractivity contribution in [2.75, 3.05) is 6.61 Å². The zero-order valence-corrected chi connectivity index (χ0v) is 12.5. The predicted octanol–water partition coefficient (Wildman–Crippen LogP) is 4.35. The van der Waals surface area contributed by atoms with Gasteiger partial charge in [0.15, 0.2) is 8.32 Å². The first-order chi connectivity index (χ1) is 5.81. The summed E-state index contributed by atoms with van der Waals surface area (Å²) in [5.41, 5.74) is 0. The van der Waals surface area contributed by atoms with Gasteiger partial charge in [-0.15, -0.1) is 0 Å². The molecule has 0 saturated heterocycles. The molecule has 0 aliphatic rings. The molecule has 0 unspecified atom stereocenters.